The van der Waals surface area contributed by atoms with Gasteiger partial charge in [-0.3, -0.25) is 4.79 Å². The van der Waals surface area contributed by atoms with Crippen molar-refractivity contribution in [1.29, 1.82) is 0 Å². The van der Waals surface area contributed by atoms with E-state index in [1.807, 2.05) is 72.8 Å². The molecule has 1 aliphatic rings. The predicted octanol–water partition coefficient (Wildman–Crippen LogP) is 10.4. The van der Waals surface area contributed by atoms with E-state index < -0.39 is 0 Å². The normalized spacial score (nSPS) is 12.7. The second kappa shape index (κ2) is 11.0. The number of phenolic OH excluding ortho intramolecular Hbond substituents is 1. The SMILES string of the molecule is CC(C)(C)CC(C)(C)c1ccc(-c2ccc3c4c(c(-c5ccccc5O)nnc24)-c2cccc(Oc4ccccc4)c2C3=O)cc1. The molecular weight excluding hydrogens is 568 g/mol. The van der Waals surface area contributed by atoms with E-state index in [1.165, 1.54) is 5.56 Å². The Bertz CT molecular complexity index is 2130. The summed E-state index contributed by atoms with van der Waals surface area (Å²) >= 11 is 0. The standard InChI is InChI=1S/C41H36N2O3/c1-40(2,3)24-41(4,5)26-20-18-25(19-21-26)28-22-23-31-36-35(38(43-42-37(28)36)29-14-9-10-16-32(29)44)30-15-11-17-33(34(30)39(31)45)46-27-12-7-6-8-13-27/h6-23,44H,24H2,1-5H3. The highest BCUT2D eigenvalue weighted by Crippen LogP contribution is 2.49. The van der Waals surface area contributed by atoms with Crippen LogP contribution in [0.1, 0.15) is 62.5 Å². The van der Waals surface area contributed by atoms with Crippen molar-refractivity contribution < 1.29 is 14.6 Å². The quantitative estimate of drug-likeness (QED) is 0.204. The Kier molecular flexibility index (Phi) is 7.01. The number of para-hydroxylation sites is 2. The van der Waals surface area contributed by atoms with E-state index in [0.717, 1.165) is 28.5 Å². The van der Waals surface area contributed by atoms with Gasteiger partial charge < -0.3 is 9.84 Å². The fraction of sp³-hybridized carbons (Fsp3) is 0.195. The Morgan fingerprint density at radius 1 is 0.652 bits per heavy atom. The Balaban J connectivity index is 1.45. The van der Waals surface area contributed by atoms with Crippen LogP contribution < -0.4 is 4.74 Å². The molecule has 1 aliphatic carbocycles. The highest BCUT2D eigenvalue weighted by atomic mass is 16.5. The molecule has 1 N–H and O–H groups in total. The molecule has 1 aromatic heterocycles. The number of phenols is 1. The minimum atomic E-state index is -0.138. The average molecular weight is 605 g/mol. The van der Waals surface area contributed by atoms with E-state index in [4.69, 9.17) is 14.9 Å². The molecule has 0 unspecified atom stereocenters. The summed E-state index contributed by atoms with van der Waals surface area (Å²) in [5.41, 5.74) is 7.51. The van der Waals surface area contributed by atoms with Crippen LogP contribution in [0.4, 0.5) is 0 Å². The Hall–Kier alpha value is -5.29. The fourth-order valence-electron chi connectivity index (χ4n) is 7.10. The van der Waals surface area contributed by atoms with Gasteiger partial charge in [-0.2, -0.15) is 0 Å². The number of rotatable bonds is 6. The monoisotopic (exact) mass is 604 g/mol. The smallest absolute Gasteiger partial charge is 0.198 e. The van der Waals surface area contributed by atoms with Gasteiger partial charge in [0.15, 0.2) is 5.78 Å². The third-order valence-electron chi connectivity index (χ3n) is 8.76. The lowest BCUT2D eigenvalue weighted by Crippen LogP contribution is -2.24. The van der Waals surface area contributed by atoms with E-state index in [0.29, 0.717) is 45.0 Å². The Morgan fingerprint density at radius 3 is 2.04 bits per heavy atom. The summed E-state index contributed by atoms with van der Waals surface area (Å²) in [6, 6.07) is 34.7. The highest BCUT2D eigenvalue weighted by Gasteiger charge is 2.33. The largest absolute Gasteiger partial charge is 0.507 e. The van der Waals surface area contributed by atoms with Crippen LogP contribution in [0.2, 0.25) is 0 Å². The number of nitrogens with zero attached hydrogens (tertiary/aromatic N) is 2. The Morgan fingerprint density at radius 2 is 1.33 bits per heavy atom. The van der Waals surface area contributed by atoms with Crippen molar-refractivity contribution in [2.75, 3.05) is 0 Å². The van der Waals surface area contributed by atoms with Gasteiger partial charge in [-0.25, -0.2) is 0 Å². The van der Waals surface area contributed by atoms with Gasteiger partial charge in [-0.1, -0.05) is 107 Å². The summed E-state index contributed by atoms with van der Waals surface area (Å²) in [6.07, 6.45) is 1.05. The lowest BCUT2D eigenvalue weighted by atomic mass is 9.72. The van der Waals surface area contributed by atoms with Gasteiger partial charge in [0.05, 0.1) is 5.56 Å². The molecule has 0 fully saturated rings. The number of carbonyl (C=O) groups is 1. The summed E-state index contributed by atoms with van der Waals surface area (Å²) in [6.45, 7) is 11.4. The van der Waals surface area contributed by atoms with E-state index in [1.54, 1.807) is 12.1 Å². The third-order valence-corrected chi connectivity index (χ3v) is 8.76. The van der Waals surface area contributed by atoms with Gasteiger partial charge in [0, 0.05) is 27.6 Å². The van der Waals surface area contributed by atoms with E-state index in [2.05, 4.69) is 58.9 Å². The third kappa shape index (κ3) is 5.12. The summed E-state index contributed by atoms with van der Waals surface area (Å²) in [7, 11) is 0. The zero-order valence-corrected chi connectivity index (χ0v) is 26.8. The van der Waals surface area contributed by atoms with E-state index in [-0.39, 0.29) is 22.4 Å². The van der Waals surface area contributed by atoms with Gasteiger partial charge in [0.1, 0.15) is 28.5 Å². The molecule has 46 heavy (non-hydrogen) atoms. The van der Waals surface area contributed by atoms with Crippen LogP contribution in [-0.2, 0) is 5.41 Å². The van der Waals surface area contributed by atoms with Crippen molar-refractivity contribution in [2.45, 2.75) is 46.5 Å². The number of ketones is 1. The Labute approximate surface area is 269 Å². The molecule has 7 rings (SSSR count). The minimum absolute atomic E-state index is 0.0127. The average Bonchev–Trinajstić information content (AvgIpc) is 3.03. The number of benzene rings is 5. The van der Waals surface area contributed by atoms with Crippen LogP contribution in [0.3, 0.4) is 0 Å². The molecule has 5 aromatic carbocycles. The number of fused-ring (bicyclic) bond motifs is 2. The van der Waals surface area contributed by atoms with Crippen LogP contribution in [0.5, 0.6) is 17.2 Å². The van der Waals surface area contributed by atoms with Gasteiger partial charge in [-0.15, -0.1) is 10.2 Å². The van der Waals surface area contributed by atoms with Gasteiger partial charge in [-0.05, 0) is 70.3 Å². The maximum Gasteiger partial charge on any atom is 0.198 e. The minimum Gasteiger partial charge on any atom is -0.507 e. The van der Waals surface area contributed by atoms with Crippen molar-refractivity contribution in [1.82, 2.24) is 10.2 Å². The molecule has 0 bridgehead atoms. The molecule has 6 aromatic rings. The van der Waals surface area contributed by atoms with Crippen LogP contribution in [0, 0.1) is 5.41 Å². The number of ether oxygens (including phenoxy) is 1. The maximum absolute atomic E-state index is 14.4. The van der Waals surface area contributed by atoms with Crippen LogP contribution in [-0.4, -0.2) is 21.1 Å². The lowest BCUT2D eigenvalue weighted by Gasteiger charge is -2.33. The number of hydrogen-bond acceptors (Lipinski definition) is 5. The van der Waals surface area contributed by atoms with Gasteiger partial charge in [0.25, 0.3) is 0 Å². The van der Waals surface area contributed by atoms with Crippen LogP contribution in [0.15, 0.2) is 109 Å². The molecule has 0 aliphatic heterocycles. The fourth-order valence-corrected chi connectivity index (χ4v) is 7.10. The molecule has 0 radical (unpaired) electrons. The first-order valence-corrected chi connectivity index (χ1v) is 15.7. The zero-order chi connectivity index (χ0) is 32.2. The molecule has 0 saturated carbocycles. The lowest BCUT2D eigenvalue weighted by molar-refractivity contribution is 0.103. The summed E-state index contributed by atoms with van der Waals surface area (Å²) < 4.78 is 6.28. The molecular formula is C41H36N2O3. The van der Waals surface area contributed by atoms with Gasteiger partial charge in [0.2, 0.25) is 0 Å². The predicted molar refractivity (Wildman–Crippen MR) is 185 cm³/mol. The molecule has 0 spiro atoms. The first-order chi connectivity index (χ1) is 22.0. The molecule has 0 saturated heterocycles. The van der Waals surface area contributed by atoms with E-state index >= 15 is 0 Å². The van der Waals surface area contributed by atoms with Crippen LogP contribution >= 0.6 is 0 Å². The first-order valence-electron chi connectivity index (χ1n) is 15.7. The van der Waals surface area contributed by atoms with Gasteiger partial charge >= 0.3 is 0 Å². The molecule has 0 atom stereocenters. The second-order valence-electron chi connectivity index (χ2n) is 13.9. The summed E-state index contributed by atoms with van der Waals surface area (Å²) in [4.78, 5) is 14.4. The molecule has 0 amide bonds. The molecule has 228 valence electrons. The highest BCUT2D eigenvalue weighted by molar-refractivity contribution is 6.29. The number of carbonyl (C=O) groups excluding carboxylic acids is 1. The van der Waals surface area contributed by atoms with E-state index in [9.17, 15) is 9.90 Å². The molecule has 5 heteroatoms. The van der Waals surface area contributed by atoms with Crippen molar-refractivity contribution in [3.05, 3.63) is 126 Å². The summed E-state index contributed by atoms with van der Waals surface area (Å²) in [5, 5.41) is 21.1. The van der Waals surface area contributed by atoms with Crippen molar-refractivity contribution >= 4 is 16.7 Å². The number of hydrogen-bond donors (Lipinski definition) is 1. The second-order valence-corrected chi connectivity index (χ2v) is 13.9. The van der Waals surface area contributed by atoms with Crippen molar-refractivity contribution in [2.24, 2.45) is 5.41 Å². The van der Waals surface area contributed by atoms with Crippen molar-refractivity contribution in [3.8, 4) is 50.8 Å². The first kappa shape index (κ1) is 29.4. The number of aromatic hydroxyl groups is 1. The molecule has 1 heterocycles. The van der Waals surface area contributed by atoms with Crippen molar-refractivity contribution in [3.63, 3.8) is 0 Å². The molecule has 5 nitrogen and oxygen atoms in total. The maximum atomic E-state index is 14.4. The topological polar surface area (TPSA) is 72.3 Å². The zero-order valence-electron chi connectivity index (χ0n) is 26.8. The number of aromatic nitrogens is 2. The van der Waals surface area contributed by atoms with Crippen LogP contribution in [0.25, 0.3) is 44.4 Å². The summed E-state index contributed by atoms with van der Waals surface area (Å²) in [5.74, 6) is 1.05.